The molecule has 3 N–H and O–H groups in total. The van der Waals surface area contributed by atoms with Gasteiger partial charge in [0, 0.05) is 17.8 Å². The molecule has 0 bridgehead atoms. The summed E-state index contributed by atoms with van der Waals surface area (Å²) in [6.07, 6.45) is 3.36. The standard InChI is InChI=1S/C18H17N5O/c1-11(2)22-17-15(18(20)24)9-21-23-10-14(7-16(17)23)13-5-3-12(8-19)4-6-13/h3-7,9-11,22H,1-2H3,(H2,20,24). The molecule has 0 atom stereocenters. The first-order valence-electron chi connectivity index (χ1n) is 7.58. The van der Waals surface area contributed by atoms with Crippen LogP contribution in [0.15, 0.2) is 42.7 Å². The van der Waals surface area contributed by atoms with E-state index >= 15 is 0 Å². The number of hydrogen-bond acceptors (Lipinski definition) is 4. The summed E-state index contributed by atoms with van der Waals surface area (Å²) in [5.41, 5.74) is 9.81. The number of fused-ring (bicyclic) bond motifs is 1. The van der Waals surface area contributed by atoms with Crippen LogP contribution in [0, 0.1) is 11.3 Å². The summed E-state index contributed by atoms with van der Waals surface area (Å²) in [7, 11) is 0. The zero-order valence-corrected chi connectivity index (χ0v) is 13.4. The quantitative estimate of drug-likeness (QED) is 0.773. The zero-order chi connectivity index (χ0) is 17.3. The smallest absolute Gasteiger partial charge is 0.252 e. The number of nitrogens with two attached hydrogens (primary N) is 1. The van der Waals surface area contributed by atoms with Gasteiger partial charge in [0.25, 0.3) is 5.91 Å². The van der Waals surface area contributed by atoms with Crippen LogP contribution >= 0.6 is 0 Å². The molecule has 0 aliphatic carbocycles. The van der Waals surface area contributed by atoms with Gasteiger partial charge in [-0.3, -0.25) is 4.79 Å². The van der Waals surface area contributed by atoms with E-state index in [0.29, 0.717) is 16.8 Å². The van der Waals surface area contributed by atoms with Gasteiger partial charge in [-0.1, -0.05) is 12.1 Å². The van der Waals surface area contributed by atoms with Crippen molar-refractivity contribution in [1.29, 1.82) is 5.26 Å². The molecule has 6 heteroatoms. The second-order valence-corrected chi connectivity index (χ2v) is 5.84. The van der Waals surface area contributed by atoms with Gasteiger partial charge in [-0.25, -0.2) is 4.52 Å². The Labute approximate surface area is 139 Å². The average molecular weight is 319 g/mol. The van der Waals surface area contributed by atoms with Gasteiger partial charge in [0.05, 0.1) is 34.6 Å². The molecule has 1 aromatic carbocycles. The van der Waals surface area contributed by atoms with E-state index in [4.69, 9.17) is 11.0 Å². The van der Waals surface area contributed by atoms with E-state index < -0.39 is 5.91 Å². The number of anilines is 1. The second kappa shape index (κ2) is 6.05. The first-order chi connectivity index (χ1) is 11.5. The number of nitrogens with zero attached hydrogens (tertiary/aromatic N) is 3. The van der Waals surface area contributed by atoms with Gasteiger partial charge >= 0.3 is 0 Å². The van der Waals surface area contributed by atoms with Crippen LogP contribution < -0.4 is 11.1 Å². The molecule has 0 saturated carbocycles. The molecule has 24 heavy (non-hydrogen) atoms. The van der Waals surface area contributed by atoms with Crippen molar-refractivity contribution in [3.05, 3.63) is 53.9 Å². The van der Waals surface area contributed by atoms with Crippen molar-refractivity contribution in [3.63, 3.8) is 0 Å². The van der Waals surface area contributed by atoms with E-state index in [1.54, 1.807) is 16.6 Å². The third kappa shape index (κ3) is 2.79. The van der Waals surface area contributed by atoms with Gasteiger partial charge < -0.3 is 11.1 Å². The van der Waals surface area contributed by atoms with Gasteiger partial charge in [-0.15, -0.1) is 0 Å². The summed E-state index contributed by atoms with van der Waals surface area (Å²) in [4.78, 5) is 11.7. The molecule has 3 rings (SSSR count). The minimum atomic E-state index is -0.519. The molecule has 1 amide bonds. The van der Waals surface area contributed by atoms with E-state index in [0.717, 1.165) is 16.6 Å². The molecule has 6 nitrogen and oxygen atoms in total. The molecular formula is C18H17N5O. The van der Waals surface area contributed by atoms with Crippen LogP contribution in [0.4, 0.5) is 5.69 Å². The van der Waals surface area contributed by atoms with Crippen LogP contribution in [-0.4, -0.2) is 21.6 Å². The normalized spacial score (nSPS) is 10.8. The summed E-state index contributed by atoms with van der Waals surface area (Å²) in [5.74, 6) is -0.519. The van der Waals surface area contributed by atoms with Crippen molar-refractivity contribution in [2.75, 3.05) is 5.32 Å². The molecule has 0 fully saturated rings. The Morgan fingerprint density at radius 3 is 2.58 bits per heavy atom. The Morgan fingerprint density at radius 1 is 1.29 bits per heavy atom. The number of amides is 1. The topological polar surface area (TPSA) is 96.2 Å². The van der Waals surface area contributed by atoms with Crippen LogP contribution in [0.25, 0.3) is 16.6 Å². The summed E-state index contributed by atoms with van der Waals surface area (Å²) in [6.45, 7) is 3.98. The fourth-order valence-electron chi connectivity index (χ4n) is 2.58. The molecule has 0 saturated heterocycles. The second-order valence-electron chi connectivity index (χ2n) is 5.84. The fourth-order valence-corrected chi connectivity index (χ4v) is 2.58. The number of rotatable bonds is 4. The van der Waals surface area contributed by atoms with Crippen molar-refractivity contribution in [3.8, 4) is 17.2 Å². The third-order valence-electron chi connectivity index (χ3n) is 3.68. The summed E-state index contributed by atoms with van der Waals surface area (Å²) < 4.78 is 1.71. The van der Waals surface area contributed by atoms with Gasteiger partial charge in [0.1, 0.15) is 0 Å². The molecule has 0 radical (unpaired) electrons. The van der Waals surface area contributed by atoms with Crippen LogP contribution in [0.3, 0.4) is 0 Å². The van der Waals surface area contributed by atoms with E-state index in [-0.39, 0.29) is 6.04 Å². The average Bonchev–Trinajstić information content (AvgIpc) is 2.99. The molecule has 0 unspecified atom stereocenters. The molecule has 2 heterocycles. The van der Waals surface area contributed by atoms with Crippen molar-refractivity contribution < 1.29 is 4.79 Å². The minimum absolute atomic E-state index is 0.141. The Hall–Kier alpha value is -3.33. The molecule has 0 spiro atoms. The number of benzene rings is 1. The summed E-state index contributed by atoms with van der Waals surface area (Å²) in [5, 5.41) is 16.4. The fraction of sp³-hybridized carbons (Fsp3) is 0.167. The highest BCUT2D eigenvalue weighted by Crippen LogP contribution is 2.29. The third-order valence-corrected chi connectivity index (χ3v) is 3.68. The van der Waals surface area contributed by atoms with Crippen molar-refractivity contribution >= 4 is 17.1 Å². The number of carbonyl (C=O) groups excluding carboxylic acids is 1. The predicted octanol–water partition coefficient (Wildman–Crippen LogP) is 2.79. The van der Waals surface area contributed by atoms with E-state index in [1.807, 2.05) is 38.2 Å². The van der Waals surface area contributed by atoms with Gasteiger partial charge in [0.2, 0.25) is 0 Å². The maximum absolute atomic E-state index is 11.7. The highest BCUT2D eigenvalue weighted by Gasteiger charge is 2.16. The largest absolute Gasteiger partial charge is 0.380 e. The Bertz CT molecular complexity index is 948. The van der Waals surface area contributed by atoms with Crippen LogP contribution in [0.1, 0.15) is 29.8 Å². The van der Waals surface area contributed by atoms with Gasteiger partial charge in [-0.2, -0.15) is 10.4 Å². The molecule has 3 aromatic rings. The molecule has 2 aromatic heterocycles. The number of aromatic nitrogens is 2. The SMILES string of the molecule is CC(C)Nc1c(C(N)=O)cnn2cc(-c3ccc(C#N)cc3)cc12. The van der Waals surface area contributed by atoms with Crippen molar-refractivity contribution in [2.45, 2.75) is 19.9 Å². The Morgan fingerprint density at radius 2 is 2.00 bits per heavy atom. The molecule has 120 valence electrons. The van der Waals surface area contributed by atoms with Gasteiger partial charge in [0.15, 0.2) is 0 Å². The minimum Gasteiger partial charge on any atom is -0.380 e. The number of nitrogens with one attached hydrogen (secondary N) is 1. The lowest BCUT2D eigenvalue weighted by atomic mass is 10.1. The van der Waals surface area contributed by atoms with Crippen molar-refractivity contribution in [2.24, 2.45) is 5.73 Å². The molecule has 0 aliphatic heterocycles. The van der Waals surface area contributed by atoms with Crippen LogP contribution in [-0.2, 0) is 0 Å². The van der Waals surface area contributed by atoms with E-state index in [1.165, 1.54) is 6.20 Å². The Balaban J connectivity index is 2.16. The van der Waals surface area contributed by atoms with Gasteiger partial charge in [-0.05, 0) is 37.6 Å². The lowest BCUT2D eigenvalue weighted by molar-refractivity contribution is 0.100. The summed E-state index contributed by atoms with van der Waals surface area (Å²) in [6, 6.07) is 11.5. The maximum Gasteiger partial charge on any atom is 0.252 e. The maximum atomic E-state index is 11.7. The summed E-state index contributed by atoms with van der Waals surface area (Å²) >= 11 is 0. The number of primary amides is 1. The van der Waals surface area contributed by atoms with Crippen molar-refractivity contribution in [1.82, 2.24) is 9.61 Å². The lowest BCUT2D eigenvalue weighted by Gasteiger charge is -2.14. The number of nitriles is 1. The Kier molecular flexibility index (Phi) is 3.92. The van der Waals surface area contributed by atoms with Crippen LogP contribution in [0.5, 0.6) is 0 Å². The van der Waals surface area contributed by atoms with E-state index in [2.05, 4.69) is 16.5 Å². The predicted molar refractivity (Wildman–Crippen MR) is 92.6 cm³/mol. The molecule has 0 aliphatic rings. The zero-order valence-electron chi connectivity index (χ0n) is 13.4. The first-order valence-corrected chi connectivity index (χ1v) is 7.58. The lowest BCUT2D eigenvalue weighted by Crippen LogP contribution is -2.19. The number of hydrogen-bond donors (Lipinski definition) is 2. The monoisotopic (exact) mass is 319 g/mol. The first kappa shape index (κ1) is 15.6. The molecular weight excluding hydrogens is 302 g/mol. The van der Waals surface area contributed by atoms with E-state index in [9.17, 15) is 4.79 Å². The highest BCUT2D eigenvalue weighted by atomic mass is 16.1. The van der Waals surface area contributed by atoms with Crippen LogP contribution in [0.2, 0.25) is 0 Å². The number of carbonyl (C=O) groups is 1. The highest BCUT2D eigenvalue weighted by molar-refractivity contribution is 6.02.